The van der Waals surface area contributed by atoms with E-state index in [2.05, 4.69) is 0 Å². The molecule has 1 aromatic carbocycles. The van der Waals surface area contributed by atoms with Gasteiger partial charge in [0.15, 0.2) is 0 Å². The number of hydrogen-bond donors (Lipinski definition) is 2. The van der Waals surface area contributed by atoms with Crippen molar-refractivity contribution >= 4 is 10.9 Å². The fourth-order valence-electron chi connectivity index (χ4n) is 4.62. The van der Waals surface area contributed by atoms with Gasteiger partial charge >= 0.3 is 0 Å². The second-order valence-electron chi connectivity index (χ2n) is 8.55. The van der Waals surface area contributed by atoms with Gasteiger partial charge in [-0.15, -0.1) is 0 Å². The molecule has 0 amide bonds. The summed E-state index contributed by atoms with van der Waals surface area (Å²) in [6, 6.07) is 7.42. The third kappa shape index (κ3) is 2.70. The SMILES string of the molecule is CCC1(O)COCc2c1cc1n(c2=O)Cc2cc3c(CN(C)C)c(O)ccc3nc2-1. The number of rotatable bonds is 3. The summed E-state index contributed by atoms with van der Waals surface area (Å²) >= 11 is 0. The number of hydrogen-bond acceptors (Lipinski definition) is 6. The van der Waals surface area contributed by atoms with Gasteiger partial charge in [-0.2, -0.15) is 0 Å². The number of aliphatic hydroxyl groups is 1. The smallest absolute Gasteiger partial charge is 0.257 e. The lowest BCUT2D eigenvalue weighted by Crippen LogP contribution is -2.40. The van der Waals surface area contributed by atoms with E-state index in [0.29, 0.717) is 30.6 Å². The molecule has 4 heterocycles. The molecule has 156 valence electrons. The van der Waals surface area contributed by atoms with Crippen LogP contribution in [0, 0.1) is 0 Å². The quantitative estimate of drug-likeness (QED) is 0.542. The predicted molar refractivity (Wildman–Crippen MR) is 113 cm³/mol. The van der Waals surface area contributed by atoms with E-state index < -0.39 is 5.60 Å². The molecule has 2 N–H and O–H groups in total. The maximum Gasteiger partial charge on any atom is 0.257 e. The Kier molecular flexibility index (Phi) is 4.25. The van der Waals surface area contributed by atoms with Crippen LogP contribution in [0.4, 0.5) is 0 Å². The average Bonchev–Trinajstić information content (AvgIpc) is 3.08. The van der Waals surface area contributed by atoms with Gasteiger partial charge in [-0.05, 0) is 50.3 Å². The van der Waals surface area contributed by atoms with E-state index in [1.54, 1.807) is 16.7 Å². The molecule has 7 heteroatoms. The fraction of sp³-hybridized carbons (Fsp3) is 0.391. The van der Waals surface area contributed by atoms with E-state index in [4.69, 9.17) is 9.72 Å². The van der Waals surface area contributed by atoms with E-state index in [1.165, 1.54) is 0 Å². The second kappa shape index (κ2) is 6.63. The lowest BCUT2D eigenvalue weighted by Gasteiger charge is -2.33. The molecule has 2 aromatic heterocycles. The molecule has 5 rings (SSSR count). The highest BCUT2D eigenvalue weighted by molar-refractivity contribution is 5.88. The van der Waals surface area contributed by atoms with Crippen molar-refractivity contribution in [2.75, 3.05) is 20.7 Å². The first-order valence-corrected chi connectivity index (χ1v) is 10.2. The minimum Gasteiger partial charge on any atom is -0.508 e. The zero-order chi connectivity index (χ0) is 21.2. The Balaban J connectivity index is 1.74. The molecule has 0 spiro atoms. The van der Waals surface area contributed by atoms with Gasteiger partial charge in [0.25, 0.3) is 5.56 Å². The summed E-state index contributed by atoms with van der Waals surface area (Å²) in [5, 5.41) is 22.3. The fourth-order valence-corrected chi connectivity index (χ4v) is 4.62. The van der Waals surface area contributed by atoms with Gasteiger partial charge in [-0.3, -0.25) is 4.79 Å². The lowest BCUT2D eigenvalue weighted by atomic mass is 9.86. The molecule has 0 saturated heterocycles. The van der Waals surface area contributed by atoms with Crippen molar-refractivity contribution in [2.45, 2.75) is 38.6 Å². The molecule has 0 fully saturated rings. The Bertz CT molecular complexity index is 1250. The van der Waals surface area contributed by atoms with Crippen LogP contribution in [0.1, 0.15) is 35.6 Å². The van der Waals surface area contributed by atoms with Crippen LogP contribution in [0.2, 0.25) is 0 Å². The van der Waals surface area contributed by atoms with Crippen molar-refractivity contribution in [3.8, 4) is 17.1 Å². The monoisotopic (exact) mass is 407 g/mol. The number of nitrogens with zero attached hydrogens (tertiary/aromatic N) is 3. The average molecular weight is 407 g/mol. The first-order valence-electron chi connectivity index (χ1n) is 10.2. The zero-order valence-electron chi connectivity index (χ0n) is 17.4. The molecular formula is C23H25N3O4. The van der Waals surface area contributed by atoms with E-state index in [9.17, 15) is 15.0 Å². The van der Waals surface area contributed by atoms with Crippen LogP contribution in [-0.4, -0.2) is 45.4 Å². The number of phenols is 1. The van der Waals surface area contributed by atoms with Crippen LogP contribution in [0.5, 0.6) is 5.75 Å². The van der Waals surface area contributed by atoms with E-state index in [-0.39, 0.29) is 24.5 Å². The van der Waals surface area contributed by atoms with Crippen LogP contribution >= 0.6 is 0 Å². The van der Waals surface area contributed by atoms with Crippen molar-refractivity contribution in [1.82, 2.24) is 14.5 Å². The Labute approximate surface area is 174 Å². The second-order valence-corrected chi connectivity index (χ2v) is 8.55. The van der Waals surface area contributed by atoms with Gasteiger partial charge in [0.05, 0.1) is 36.7 Å². The standard InChI is InChI=1S/C23H25N3O4/c1-4-23(29)12-30-11-16-17(23)8-19-21-13(9-26(19)22(16)28)7-14-15(10-25(2)3)20(27)6-5-18(14)24-21/h5-8,27,29H,4,9-12H2,1-3H3. The lowest BCUT2D eigenvalue weighted by molar-refractivity contribution is -0.0757. The highest BCUT2D eigenvalue weighted by Gasteiger charge is 2.37. The summed E-state index contributed by atoms with van der Waals surface area (Å²) in [5.74, 6) is 0.242. The summed E-state index contributed by atoms with van der Waals surface area (Å²) < 4.78 is 7.25. The first-order chi connectivity index (χ1) is 14.3. The summed E-state index contributed by atoms with van der Waals surface area (Å²) in [6.45, 7) is 3.29. The summed E-state index contributed by atoms with van der Waals surface area (Å²) in [6.07, 6.45) is 0.466. The molecule has 2 aliphatic rings. The maximum atomic E-state index is 13.2. The van der Waals surface area contributed by atoms with Crippen LogP contribution in [0.25, 0.3) is 22.3 Å². The summed E-state index contributed by atoms with van der Waals surface area (Å²) in [5.41, 5.74) is 3.91. The molecule has 1 unspecified atom stereocenters. The number of pyridine rings is 2. The minimum atomic E-state index is -1.16. The predicted octanol–water partition coefficient (Wildman–Crippen LogP) is 2.32. The van der Waals surface area contributed by atoms with Gasteiger partial charge in [-0.25, -0.2) is 4.98 Å². The Hall–Kier alpha value is -2.74. The van der Waals surface area contributed by atoms with E-state index in [0.717, 1.165) is 33.4 Å². The zero-order valence-corrected chi connectivity index (χ0v) is 17.4. The molecule has 2 aliphatic heterocycles. The molecule has 0 saturated carbocycles. The molecule has 0 aliphatic carbocycles. The molecule has 1 atom stereocenters. The number of aromatic hydroxyl groups is 1. The molecule has 30 heavy (non-hydrogen) atoms. The number of ether oxygens (including phenoxy) is 1. The van der Waals surface area contributed by atoms with Crippen LogP contribution in [-0.2, 0) is 30.0 Å². The van der Waals surface area contributed by atoms with Gasteiger partial charge in [-0.1, -0.05) is 6.92 Å². The van der Waals surface area contributed by atoms with Crippen molar-refractivity contribution in [3.05, 3.63) is 56.9 Å². The number of phenolic OH excluding ortho intramolecular Hbond substituents is 1. The van der Waals surface area contributed by atoms with E-state index in [1.807, 2.05) is 38.1 Å². The minimum absolute atomic E-state index is 0.132. The van der Waals surface area contributed by atoms with Gasteiger partial charge < -0.3 is 24.4 Å². The van der Waals surface area contributed by atoms with Crippen molar-refractivity contribution in [1.29, 1.82) is 0 Å². The van der Waals surface area contributed by atoms with E-state index >= 15 is 0 Å². The number of benzene rings is 1. The van der Waals surface area contributed by atoms with Crippen LogP contribution in [0.3, 0.4) is 0 Å². The molecule has 0 radical (unpaired) electrons. The Morgan fingerprint density at radius 3 is 2.83 bits per heavy atom. The number of fused-ring (bicyclic) bond motifs is 5. The Morgan fingerprint density at radius 1 is 1.30 bits per heavy atom. The van der Waals surface area contributed by atoms with Crippen LogP contribution < -0.4 is 5.56 Å². The normalized spacial score (nSPS) is 19.8. The summed E-state index contributed by atoms with van der Waals surface area (Å²) in [7, 11) is 3.91. The maximum absolute atomic E-state index is 13.2. The first kappa shape index (κ1) is 19.2. The highest BCUT2D eigenvalue weighted by Crippen LogP contribution is 2.39. The molecular weight excluding hydrogens is 382 g/mol. The molecule has 0 bridgehead atoms. The van der Waals surface area contributed by atoms with Gasteiger partial charge in [0.1, 0.15) is 11.4 Å². The summed E-state index contributed by atoms with van der Waals surface area (Å²) in [4.78, 5) is 20.1. The number of aromatic nitrogens is 2. The van der Waals surface area contributed by atoms with Gasteiger partial charge in [0.2, 0.25) is 0 Å². The molecule has 3 aromatic rings. The molecule has 7 nitrogen and oxygen atoms in total. The highest BCUT2D eigenvalue weighted by atomic mass is 16.5. The third-order valence-electron chi connectivity index (χ3n) is 6.28. The van der Waals surface area contributed by atoms with Gasteiger partial charge in [0, 0.05) is 28.6 Å². The van der Waals surface area contributed by atoms with Crippen molar-refractivity contribution in [2.24, 2.45) is 0 Å². The third-order valence-corrected chi connectivity index (χ3v) is 6.28. The van der Waals surface area contributed by atoms with Crippen molar-refractivity contribution < 1.29 is 14.9 Å². The Morgan fingerprint density at radius 2 is 2.10 bits per heavy atom. The largest absolute Gasteiger partial charge is 0.508 e. The van der Waals surface area contributed by atoms with Crippen molar-refractivity contribution in [3.63, 3.8) is 0 Å². The van der Waals surface area contributed by atoms with Crippen LogP contribution in [0.15, 0.2) is 29.1 Å². The topological polar surface area (TPSA) is 87.8 Å².